The molecule has 4 aromatic rings. The number of fused-ring (bicyclic) bond motifs is 2. The highest BCUT2D eigenvalue weighted by Gasteiger charge is 2.40. The van der Waals surface area contributed by atoms with Crippen LogP contribution in [0.2, 0.25) is 0 Å². The van der Waals surface area contributed by atoms with Gasteiger partial charge in [-0.3, -0.25) is 20.3 Å². The Labute approximate surface area is 247 Å². The highest BCUT2D eigenvalue weighted by molar-refractivity contribution is 6.67. The van der Waals surface area contributed by atoms with Gasteiger partial charge in [-0.05, 0) is 54.2 Å². The van der Waals surface area contributed by atoms with E-state index in [4.69, 9.17) is 27.0 Å². The first-order valence-electron chi connectivity index (χ1n) is 13.9. The molecule has 1 aliphatic carbocycles. The maximum atomic E-state index is 13.1. The highest BCUT2D eigenvalue weighted by atomic mass is 35.5. The minimum Gasteiger partial charge on any atom is -0.341 e. The largest absolute Gasteiger partial charge is 0.429 e. The molecular formula is C31H33ClF3N7. The second-order valence-corrected chi connectivity index (χ2v) is 10.9. The predicted molar refractivity (Wildman–Crippen MR) is 160 cm³/mol. The highest BCUT2D eigenvalue weighted by Crippen LogP contribution is 2.35. The summed E-state index contributed by atoms with van der Waals surface area (Å²) in [5, 5.41) is 10.3. The van der Waals surface area contributed by atoms with E-state index in [1.54, 1.807) is 0 Å². The lowest BCUT2D eigenvalue weighted by atomic mass is 9.90. The van der Waals surface area contributed by atoms with Crippen LogP contribution in [0.1, 0.15) is 47.1 Å². The lowest BCUT2D eigenvalue weighted by Crippen LogP contribution is -2.39. The number of pyridine rings is 1. The summed E-state index contributed by atoms with van der Waals surface area (Å²) in [6.07, 6.45) is 0.215. The van der Waals surface area contributed by atoms with Gasteiger partial charge in [0.15, 0.2) is 0 Å². The minimum absolute atomic E-state index is 0.143. The van der Waals surface area contributed by atoms with Crippen LogP contribution in [0.3, 0.4) is 0 Å². The van der Waals surface area contributed by atoms with Crippen LogP contribution < -0.4 is 5.32 Å². The van der Waals surface area contributed by atoms with Crippen LogP contribution in [0.5, 0.6) is 0 Å². The molecule has 1 aliphatic rings. The molecule has 0 amide bonds. The number of aliphatic imine (C=N–C) groups is 1. The number of nitrogens with zero attached hydrogens (tertiary/aromatic N) is 4. The van der Waals surface area contributed by atoms with Gasteiger partial charge in [0.1, 0.15) is 16.7 Å². The van der Waals surface area contributed by atoms with Gasteiger partial charge in [0, 0.05) is 32.9 Å². The van der Waals surface area contributed by atoms with Gasteiger partial charge in [-0.1, -0.05) is 54.1 Å². The molecule has 2 aromatic heterocycles. The molecule has 0 bridgehead atoms. The number of alkyl halides is 3. The Morgan fingerprint density at radius 3 is 2.62 bits per heavy atom. The number of para-hydroxylation sites is 2. The van der Waals surface area contributed by atoms with Crippen molar-refractivity contribution in [2.24, 2.45) is 10.9 Å². The molecule has 0 spiro atoms. The molecule has 0 fully saturated rings. The number of nitrogens with one attached hydrogen (secondary N) is 3. The molecule has 0 radical (unpaired) electrons. The molecule has 0 saturated carbocycles. The standard InChI is InChI=1S/C31H33ClF3N7/c1-37-30(32)23(29(36)31(33,34)35)17-38-16-20-11-13-21(14-12-20)18-42(19-27-40-24-8-2-3-9-25(24)41-27)26-10-4-6-22-7-5-15-39-28(22)26/h2-3,5,7-9,11-15,23,26,36,38H,4,6,10,16-19H2,1H3,(H,40,41). The molecule has 0 aliphatic heterocycles. The quantitative estimate of drug-likeness (QED) is 0.171. The first-order valence-corrected chi connectivity index (χ1v) is 14.3. The minimum atomic E-state index is -4.76. The fourth-order valence-corrected chi connectivity index (χ4v) is 5.69. The molecule has 7 nitrogen and oxygen atoms in total. The van der Waals surface area contributed by atoms with Gasteiger partial charge in [-0.15, -0.1) is 0 Å². The fourth-order valence-electron chi connectivity index (χ4n) is 5.51. The van der Waals surface area contributed by atoms with Crippen molar-refractivity contribution in [3.8, 4) is 0 Å². The Bertz CT molecular complexity index is 1520. The van der Waals surface area contributed by atoms with Crippen molar-refractivity contribution < 1.29 is 13.2 Å². The second kappa shape index (κ2) is 13.1. The van der Waals surface area contributed by atoms with E-state index in [0.29, 0.717) is 19.6 Å². The van der Waals surface area contributed by atoms with Crippen LogP contribution in [0.25, 0.3) is 11.0 Å². The van der Waals surface area contributed by atoms with E-state index < -0.39 is 17.8 Å². The normalized spacial score (nSPS) is 16.5. The molecule has 42 heavy (non-hydrogen) atoms. The number of rotatable bonds is 11. The number of halogens is 4. The van der Waals surface area contributed by atoms with E-state index in [1.165, 1.54) is 12.6 Å². The number of H-pyrrole nitrogens is 1. The fraction of sp³-hybridized carbons (Fsp3) is 0.355. The van der Waals surface area contributed by atoms with Gasteiger partial charge in [0.2, 0.25) is 0 Å². The first kappa shape index (κ1) is 29.9. The van der Waals surface area contributed by atoms with Crippen LogP contribution in [0.15, 0.2) is 71.9 Å². The molecule has 2 heterocycles. The molecule has 220 valence electrons. The third-order valence-electron chi connectivity index (χ3n) is 7.64. The van der Waals surface area contributed by atoms with E-state index in [0.717, 1.165) is 52.9 Å². The van der Waals surface area contributed by atoms with E-state index >= 15 is 0 Å². The van der Waals surface area contributed by atoms with Crippen molar-refractivity contribution in [3.63, 3.8) is 0 Å². The van der Waals surface area contributed by atoms with Crippen molar-refractivity contribution in [1.29, 1.82) is 5.41 Å². The third kappa shape index (κ3) is 7.06. The Balaban J connectivity index is 1.30. The molecule has 0 saturated heterocycles. The van der Waals surface area contributed by atoms with Crippen molar-refractivity contribution in [2.45, 2.75) is 51.1 Å². The number of aryl methyl sites for hydroxylation is 1. The number of imidazole rings is 1. The second-order valence-electron chi connectivity index (χ2n) is 10.5. The van der Waals surface area contributed by atoms with Crippen molar-refractivity contribution in [3.05, 3.63) is 95.1 Å². The van der Waals surface area contributed by atoms with Crippen LogP contribution in [0, 0.1) is 11.3 Å². The Morgan fingerprint density at radius 1 is 1.12 bits per heavy atom. The Kier molecular flexibility index (Phi) is 9.35. The maximum Gasteiger partial charge on any atom is 0.429 e. The van der Waals surface area contributed by atoms with E-state index in [2.05, 4.69) is 26.3 Å². The van der Waals surface area contributed by atoms with Crippen LogP contribution in [0.4, 0.5) is 13.2 Å². The number of aromatic amines is 1. The third-order valence-corrected chi connectivity index (χ3v) is 8.07. The summed E-state index contributed by atoms with van der Waals surface area (Å²) in [5.41, 5.74) is 4.95. The summed E-state index contributed by atoms with van der Waals surface area (Å²) in [4.78, 5) is 19.1. The topological polar surface area (TPSA) is 93.1 Å². The summed E-state index contributed by atoms with van der Waals surface area (Å²) in [6, 6.07) is 20.3. The van der Waals surface area contributed by atoms with Gasteiger partial charge in [0.25, 0.3) is 0 Å². The van der Waals surface area contributed by atoms with Crippen LogP contribution >= 0.6 is 11.6 Å². The van der Waals surface area contributed by atoms with Crippen molar-refractivity contribution in [1.82, 2.24) is 25.2 Å². The molecule has 3 N–H and O–H groups in total. The van der Waals surface area contributed by atoms with Crippen molar-refractivity contribution in [2.75, 3.05) is 13.6 Å². The lowest BCUT2D eigenvalue weighted by Gasteiger charge is -2.34. The summed E-state index contributed by atoms with van der Waals surface area (Å²) in [6.45, 7) is 1.50. The summed E-state index contributed by atoms with van der Waals surface area (Å²) >= 11 is 5.91. The molecule has 2 atom stereocenters. The zero-order valence-corrected chi connectivity index (χ0v) is 24.0. The van der Waals surface area contributed by atoms with Gasteiger partial charge in [-0.25, -0.2) is 4.98 Å². The van der Waals surface area contributed by atoms with E-state index in [1.807, 2.05) is 60.8 Å². The number of benzene rings is 2. The molecule has 5 rings (SSSR count). The van der Waals surface area contributed by atoms with Gasteiger partial charge < -0.3 is 10.3 Å². The number of hydrogen-bond donors (Lipinski definition) is 3. The van der Waals surface area contributed by atoms with E-state index in [9.17, 15) is 13.2 Å². The molecule has 2 aromatic carbocycles. The maximum absolute atomic E-state index is 13.1. The first-order chi connectivity index (χ1) is 20.2. The smallest absolute Gasteiger partial charge is 0.341 e. The van der Waals surface area contributed by atoms with Crippen LogP contribution in [-0.4, -0.2) is 50.5 Å². The zero-order chi connectivity index (χ0) is 29.7. The Hall–Kier alpha value is -3.60. The molecule has 2 unspecified atom stereocenters. The monoisotopic (exact) mass is 595 g/mol. The SMILES string of the molecule is CN=C(Cl)C(CNCc1ccc(CN(Cc2nc3ccccc3[nH]2)C2CCCc3cccnc32)cc1)C(=N)C(F)(F)F. The molecule has 11 heteroatoms. The molecular weight excluding hydrogens is 563 g/mol. The summed E-state index contributed by atoms with van der Waals surface area (Å²) in [5.74, 6) is -0.455. The van der Waals surface area contributed by atoms with Gasteiger partial charge in [-0.2, -0.15) is 13.2 Å². The van der Waals surface area contributed by atoms with E-state index in [-0.39, 0.29) is 17.8 Å². The number of aromatic nitrogens is 3. The average Bonchev–Trinajstić information content (AvgIpc) is 3.41. The van der Waals surface area contributed by atoms with Gasteiger partial charge >= 0.3 is 6.18 Å². The summed E-state index contributed by atoms with van der Waals surface area (Å²) < 4.78 is 39.4. The Morgan fingerprint density at radius 2 is 1.88 bits per heavy atom. The zero-order valence-electron chi connectivity index (χ0n) is 23.3. The average molecular weight is 596 g/mol. The lowest BCUT2D eigenvalue weighted by molar-refractivity contribution is -0.0624. The number of hydrogen-bond acceptors (Lipinski definition) is 6. The van der Waals surface area contributed by atoms with Crippen molar-refractivity contribution >= 4 is 33.5 Å². The predicted octanol–water partition coefficient (Wildman–Crippen LogP) is 6.59. The van der Waals surface area contributed by atoms with Crippen LogP contribution in [-0.2, 0) is 26.1 Å². The van der Waals surface area contributed by atoms with Gasteiger partial charge in [0.05, 0.1) is 35.2 Å². The summed E-state index contributed by atoms with van der Waals surface area (Å²) in [7, 11) is 1.32.